The lowest BCUT2D eigenvalue weighted by atomic mass is 10.1. The number of fused-ring (bicyclic) bond motifs is 1. The van der Waals surface area contributed by atoms with E-state index < -0.39 is 5.63 Å². The van der Waals surface area contributed by atoms with Crippen molar-refractivity contribution in [1.82, 2.24) is 5.32 Å². The number of ether oxygens (including phenoxy) is 2. The van der Waals surface area contributed by atoms with E-state index in [-0.39, 0.29) is 18.6 Å². The maximum atomic E-state index is 12.2. The first-order valence-electron chi connectivity index (χ1n) is 8.57. The third kappa shape index (κ3) is 4.28. The van der Waals surface area contributed by atoms with Gasteiger partial charge in [-0.3, -0.25) is 4.79 Å². The Labute approximate surface area is 156 Å². The number of hydrogen-bond donors (Lipinski definition) is 1. The number of nitrogens with one attached hydrogen (secondary N) is 1. The number of carbonyl (C=O) groups is 1. The molecule has 6 nitrogen and oxygen atoms in total. The summed E-state index contributed by atoms with van der Waals surface area (Å²) in [4.78, 5) is 23.7. The summed E-state index contributed by atoms with van der Waals surface area (Å²) in [7, 11) is 1.59. The maximum Gasteiger partial charge on any atom is 0.336 e. The van der Waals surface area contributed by atoms with Gasteiger partial charge >= 0.3 is 5.63 Å². The molecule has 1 heterocycles. The Bertz CT molecular complexity index is 1020. The summed E-state index contributed by atoms with van der Waals surface area (Å²) in [5.41, 5.74) is 1.73. The molecular weight excluding hydrogens is 346 g/mol. The molecule has 0 bridgehead atoms. The Balaban J connectivity index is 1.65. The van der Waals surface area contributed by atoms with Gasteiger partial charge < -0.3 is 19.2 Å². The van der Waals surface area contributed by atoms with Gasteiger partial charge in [-0.2, -0.15) is 0 Å². The number of amides is 1. The molecule has 0 saturated heterocycles. The van der Waals surface area contributed by atoms with Gasteiger partial charge in [-0.25, -0.2) is 4.79 Å². The molecule has 27 heavy (non-hydrogen) atoms. The molecule has 1 atom stereocenters. The first kappa shape index (κ1) is 18.5. The van der Waals surface area contributed by atoms with Crippen molar-refractivity contribution < 1.29 is 18.7 Å². The summed E-state index contributed by atoms with van der Waals surface area (Å²) < 4.78 is 16.1. The van der Waals surface area contributed by atoms with Crippen LogP contribution in [0.25, 0.3) is 11.0 Å². The predicted octanol–water partition coefficient (Wildman–Crippen LogP) is 3.37. The van der Waals surface area contributed by atoms with Crippen molar-refractivity contribution in [2.75, 3.05) is 13.7 Å². The lowest BCUT2D eigenvalue weighted by Gasteiger charge is -2.17. The molecule has 0 radical (unpaired) electrons. The molecule has 0 fully saturated rings. The molecule has 2 aromatic carbocycles. The zero-order chi connectivity index (χ0) is 19.4. The van der Waals surface area contributed by atoms with E-state index in [9.17, 15) is 9.59 Å². The number of aryl methyl sites for hydroxylation is 1. The number of benzene rings is 2. The van der Waals surface area contributed by atoms with Crippen LogP contribution in [0.4, 0.5) is 0 Å². The first-order chi connectivity index (χ1) is 13.0. The fraction of sp³-hybridized carbons (Fsp3) is 0.238. The summed E-state index contributed by atoms with van der Waals surface area (Å²) in [6.45, 7) is 3.57. The lowest BCUT2D eigenvalue weighted by molar-refractivity contribution is -0.123. The summed E-state index contributed by atoms with van der Waals surface area (Å²) >= 11 is 0. The van der Waals surface area contributed by atoms with Crippen LogP contribution in [0.5, 0.6) is 11.5 Å². The molecule has 0 saturated carbocycles. The summed E-state index contributed by atoms with van der Waals surface area (Å²) in [5.74, 6) is 0.904. The first-order valence-corrected chi connectivity index (χ1v) is 8.57. The molecule has 0 aliphatic heterocycles. The Morgan fingerprint density at radius 2 is 1.96 bits per heavy atom. The van der Waals surface area contributed by atoms with Crippen LogP contribution in [0.15, 0.2) is 57.7 Å². The molecule has 3 aromatic rings. The van der Waals surface area contributed by atoms with E-state index in [1.54, 1.807) is 25.3 Å². The second-order valence-corrected chi connectivity index (χ2v) is 6.23. The molecule has 0 unspecified atom stereocenters. The summed E-state index contributed by atoms with van der Waals surface area (Å²) in [6, 6.07) is 13.9. The standard InChI is InChI=1S/C21H21NO5/c1-13-10-21(24)27-19-11-15(8-9-16(13)19)26-12-20(23)22-14(2)17-6-4-5-7-18(17)25-3/h4-11,14H,12H2,1-3H3,(H,22,23)/t14-/m0/s1. The van der Waals surface area contributed by atoms with Crippen LogP contribution in [0.2, 0.25) is 0 Å². The zero-order valence-corrected chi connectivity index (χ0v) is 15.4. The molecule has 140 valence electrons. The van der Waals surface area contributed by atoms with Crippen LogP contribution in [-0.2, 0) is 4.79 Å². The van der Waals surface area contributed by atoms with Gasteiger partial charge in [-0.15, -0.1) is 0 Å². The van der Waals surface area contributed by atoms with Crippen LogP contribution in [0, 0.1) is 6.92 Å². The quantitative estimate of drug-likeness (QED) is 0.676. The van der Waals surface area contributed by atoms with Gasteiger partial charge in [0.2, 0.25) is 0 Å². The van der Waals surface area contributed by atoms with Gasteiger partial charge in [0.15, 0.2) is 6.61 Å². The van der Waals surface area contributed by atoms with E-state index in [0.717, 1.165) is 16.5 Å². The largest absolute Gasteiger partial charge is 0.496 e. The smallest absolute Gasteiger partial charge is 0.336 e. The van der Waals surface area contributed by atoms with E-state index in [0.29, 0.717) is 17.1 Å². The Morgan fingerprint density at radius 1 is 1.19 bits per heavy atom. The Kier molecular flexibility index (Phi) is 5.45. The molecule has 3 rings (SSSR count). The fourth-order valence-corrected chi connectivity index (χ4v) is 2.93. The van der Waals surface area contributed by atoms with Gasteiger partial charge in [0, 0.05) is 23.1 Å². The van der Waals surface area contributed by atoms with E-state index in [1.807, 2.05) is 38.1 Å². The third-order valence-corrected chi connectivity index (χ3v) is 4.28. The van der Waals surface area contributed by atoms with Crippen molar-refractivity contribution in [3.8, 4) is 11.5 Å². The average Bonchev–Trinajstić information content (AvgIpc) is 2.65. The lowest BCUT2D eigenvalue weighted by Crippen LogP contribution is -2.31. The topological polar surface area (TPSA) is 77.8 Å². The molecule has 1 aromatic heterocycles. The van der Waals surface area contributed by atoms with E-state index in [1.165, 1.54) is 6.07 Å². The second-order valence-electron chi connectivity index (χ2n) is 6.23. The monoisotopic (exact) mass is 367 g/mol. The molecule has 1 N–H and O–H groups in total. The van der Waals surface area contributed by atoms with Gasteiger partial charge in [0.05, 0.1) is 13.2 Å². The number of carbonyl (C=O) groups excluding carboxylic acids is 1. The Morgan fingerprint density at radius 3 is 2.74 bits per heavy atom. The van der Waals surface area contributed by atoms with Crippen LogP contribution in [0.3, 0.4) is 0 Å². The van der Waals surface area contributed by atoms with Crippen molar-refractivity contribution >= 4 is 16.9 Å². The van der Waals surface area contributed by atoms with Gasteiger partial charge in [0.25, 0.3) is 5.91 Å². The number of para-hydroxylation sites is 1. The minimum Gasteiger partial charge on any atom is -0.496 e. The van der Waals surface area contributed by atoms with Crippen LogP contribution in [-0.4, -0.2) is 19.6 Å². The predicted molar refractivity (Wildman–Crippen MR) is 102 cm³/mol. The van der Waals surface area contributed by atoms with E-state index in [2.05, 4.69) is 5.32 Å². The normalized spacial score (nSPS) is 11.8. The Hall–Kier alpha value is -3.28. The molecular formula is C21H21NO5. The van der Waals surface area contributed by atoms with Gasteiger partial charge in [0.1, 0.15) is 17.1 Å². The van der Waals surface area contributed by atoms with Gasteiger partial charge in [-0.1, -0.05) is 18.2 Å². The van der Waals surface area contributed by atoms with E-state index >= 15 is 0 Å². The van der Waals surface area contributed by atoms with Crippen LogP contribution < -0.4 is 20.4 Å². The number of hydrogen-bond acceptors (Lipinski definition) is 5. The third-order valence-electron chi connectivity index (χ3n) is 4.28. The summed E-state index contributed by atoms with van der Waals surface area (Å²) in [5, 5.41) is 3.71. The highest BCUT2D eigenvalue weighted by Gasteiger charge is 2.14. The van der Waals surface area contributed by atoms with Crippen LogP contribution in [0.1, 0.15) is 24.1 Å². The highest BCUT2D eigenvalue weighted by atomic mass is 16.5. The summed E-state index contributed by atoms with van der Waals surface area (Å²) in [6.07, 6.45) is 0. The molecule has 1 amide bonds. The van der Waals surface area contributed by atoms with Crippen molar-refractivity contribution in [2.45, 2.75) is 19.9 Å². The molecule has 0 aliphatic rings. The van der Waals surface area contributed by atoms with Crippen LogP contribution >= 0.6 is 0 Å². The zero-order valence-electron chi connectivity index (χ0n) is 15.4. The molecule has 6 heteroatoms. The van der Waals surface area contributed by atoms with Crippen molar-refractivity contribution in [3.63, 3.8) is 0 Å². The van der Waals surface area contributed by atoms with Crippen molar-refractivity contribution in [3.05, 3.63) is 70.1 Å². The van der Waals surface area contributed by atoms with Crippen molar-refractivity contribution in [2.24, 2.45) is 0 Å². The molecule has 0 spiro atoms. The molecule has 0 aliphatic carbocycles. The van der Waals surface area contributed by atoms with Crippen molar-refractivity contribution in [1.29, 1.82) is 0 Å². The second kappa shape index (κ2) is 7.95. The highest BCUT2D eigenvalue weighted by Crippen LogP contribution is 2.24. The number of methoxy groups -OCH3 is 1. The number of rotatable bonds is 6. The van der Waals surface area contributed by atoms with E-state index in [4.69, 9.17) is 13.9 Å². The maximum absolute atomic E-state index is 12.2. The minimum absolute atomic E-state index is 0.152. The average molecular weight is 367 g/mol. The SMILES string of the molecule is COc1ccccc1[C@H](C)NC(=O)COc1ccc2c(C)cc(=O)oc2c1. The van der Waals surface area contributed by atoms with Gasteiger partial charge in [-0.05, 0) is 37.6 Å². The fourth-order valence-electron chi connectivity index (χ4n) is 2.93. The highest BCUT2D eigenvalue weighted by molar-refractivity contribution is 5.82. The minimum atomic E-state index is -0.416.